The second-order valence-corrected chi connectivity index (χ2v) is 4.00. The van der Waals surface area contributed by atoms with E-state index >= 15 is 0 Å². The van der Waals surface area contributed by atoms with Crippen molar-refractivity contribution in [3.63, 3.8) is 0 Å². The number of benzene rings is 2. The Morgan fingerprint density at radius 1 is 1.18 bits per heavy atom. The van der Waals surface area contributed by atoms with Crippen molar-refractivity contribution in [3.05, 3.63) is 41.4 Å². The fourth-order valence-corrected chi connectivity index (χ4v) is 2.16. The lowest BCUT2D eigenvalue weighted by Crippen LogP contribution is -1.98. The summed E-state index contributed by atoms with van der Waals surface area (Å²) in [5.41, 5.74) is 1.47. The quantitative estimate of drug-likeness (QED) is 0.705. The van der Waals surface area contributed by atoms with Gasteiger partial charge >= 0.3 is 7.69 Å². The van der Waals surface area contributed by atoms with E-state index in [0.29, 0.717) is 18.5 Å². The minimum absolute atomic E-state index is 0.530. The Hall–Kier alpha value is -1.65. The molecular formula is C12H7BClO3. The van der Waals surface area contributed by atoms with Gasteiger partial charge in [0.1, 0.15) is 16.9 Å². The molecule has 5 heteroatoms. The van der Waals surface area contributed by atoms with Gasteiger partial charge in [-0.3, -0.25) is 0 Å². The van der Waals surface area contributed by atoms with Gasteiger partial charge in [-0.2, -0.15) is 0 Å². The van der Waals surface area contributed by atoms with Gasteiger partial charge in [0.25, 0.3) is 0 Å². The van der Waals surface area contributed by atoms with E-state index in [1.165, 1.54) is 0 Å². The van der Waals surface area contributed by atoms with Gasteiger partial charge in [0.15, 0.2) is 0 Å². The van der Waals surface area contributed by atoms with Crippen LogP contribution >= 0.6 is 11.6 Å². The van der Waals surface area contributed by atoms with Crippen molar-refractivity contribution in [2.45, 2.75) is 0 Å². The van der Waals surface area contributed by atoms with E-state index < -0.39 is 0 Å². The summed E-state index contributed by atoms with van der Waals surface area (Å²) in [5.74, 6) is 0.530. The highest BCUT2D eigenvalue weighted by Gasteiger charge is 2.10. The van der Waals surface area contributed by atoms with Gasteiger partial charge in [0.05, 0.1) is 5.02 Å². The SMILES string of the molecule is O[B]Oc1ccc2oc3cccc(Cl)c3c2c1. The third-order valence-electron chi connectivity index (χ3n) is 2.60. The Morgan fingerprint density at radius 2 is 2.06 bits per heavy atom. The molecule has 1 heterocycles. The highest BCUT2D eigenvalue weighted by atomic mass is 35.5. The highest BCUT2D eigenvalue weighted by Crippen LogP contribution is 2.35. The van der Waals surface area contributed by atoms with Crippen LogP contribution in [0.15, 0.2) is 40.8 Å². The maximum absolute atomic E-state index is 8.61. The van der Waals surface area contributed by atoms with Crippen LogP contribution in [0.4, 0.5) is 0 Å². The van der Waals surface area contributed by atoms with Crippen LogP contribution in [-0.2, 0) is 0 Å². The number of rotatable bonds is 2. The summed E-state index contributed by atoms with van der Waals surface area (Å²) in [4.78, 5) is 0. The molecule has 3 nitrogen and oxygen atoms in total. The van der Waals surface area contributed by atoms with E-state index in [0.717, 1.165) is 21.9 Å². The molecular weight excluding hydrogens is 238 g/mol. The van der Waals surface area contributed by atoms with E-state index in [4.69, 9.17) is 25.7 Å². The summed E-state index contributed by atoms with van der Waals surface area (Å²) in [5, 5.41) is 11.0. The lowest BCUT2D eigenvalue weighted by Gasteiger charge is -2.00. The first-order valence-corrected chi connectivity index (χ1v) is 5.41. The number of fused-ring (bicyclic) bond motifs is 3. The molecule has 0 spiro atoms. The number of hydrogen-bond donors (Lipinski definition) is 1. The number of hydrogen-bond acceptors (Lipinski definition) is 3. The second-order valence-electron chi connectivity index (χ2n) is 3.60. The van der Waals surface area contributed by atoms with Crippen molar-refractivity contribution < 1.29 is 14.1 Å². The van der Waals surface area contributed by atoms with E-state index in [2.05, 4.69) is 0 Å². The van der Waals surface area contributed by atoms with Crippen molar-refractivity contribution in [1.82, 2.24) is 0 Å². The first-order chi connectivity index (χ1) is 8.29. The van der Waals surface area contributed by atoms with Gasteiger partial charge in [-0.1, -0.05) is 17.7 Å². The van der Waals surface area contributed by atoms with Crippen LogP contribution in [0.5, 0.6) is 5.75 Å². The van der Waals surface area contributed by atoms with Gasteiger partial charge in [-0.25, -0.2) is 0 Å². The standard InChI is InChI=1S/C12H7BClO3/c14-9-2-1-3-11-12(9)8-6-7(17-13-15)4-5-10(8)16-11/h1-6,15H. The minimum atomic E-state index is 0.530. The summed E-state index contributed by atoms with van der Waals surface area (Å²) >= 11 is 6.15. The summed E-state index contributed by atoms with van der Waals surface area (Å²) in [6, 6.07) is 10.8. The third kappa shape index (κ3) is 1.66. The van der Waals surface area contributed by atoms with Gasteiger partial charge in [0.2, 0.25) is 0 Å². The summed E-state index contributed by atoms with van der Waals surface area (Å²) in [6.45, 7) is 0. The van der Waals surface area contributed by atoms with E-state index in [9.17, 15) is 0 Å². The molecule has 0 fully saturated rings. The summed E-state index contributed by atoms with van der Waals surface area (Å²) in [7, 11) is 0.644. The zero-order valence-corrected chi connectivity index (χ0v) is 9.44. The average Bonchev–Trinajstić information content (AvgIpc) is 2.68. The molecule has 0 atom stereocenters. The van der Waals surface area contributed by atoms with Gasteiger partial charge < -0.3 is 14.1 Å². The Labute approximate surface area is 103 Å². The molecule has 0 saturated carbocycles. The highest BCUT2D eigenvalue weighted by molar-refractivity contribution is 6.37. The molecule has 0 amide bonds. The van der Waals surface area contributed by atoms with Crippen LogP contribution in [0.2, 0.25) is 5.02 Å². The van der Waals surface area contributed by atoms with E-state index in [-0.39, 0.29) is 0 Å². The van der Waals surface area contributed by atoms with Gasteiger partial charge in [-0.05, 0) is 30.3 Å². The average molecular weight is 245 g/mol. The molecule has 0 aliphatic rings. The molecule has 1 radical (unpaired) electrons. The molecule has 3 rings (SSSR count). The Morgan fingerprint density at radius 3 is 2.88 bits per heavy atom. The van der Waals surface area contributed by atoms with Crippen molar-refractivity contribution in [2.24, 2.45) is 0 Å². The maximum Gasteiger partial charge on any atom is 0.569 e. The fraction of sp³-hybridized carbons (Fsp3) is 0. The van der Waals surface area contributed by atoms with E-state index in [1.807, 2.05) is 18.2 Å². The van der Waals surface area contributed by atoms with Crippen molar-refractivity contribution >= 4 is 41.2 Å². The lowest BCUT2D eigenvalue weighted by atomic mass is 10.1. The van der Waals surface area contributed by atoms with Crippen LogP contribution < -0.4 is 4.65 Å². The Bertz CT molecular complexity index is 693. The largest absolute Gasteiger partial charge is 0.569 e. The van der Waals surface area contributed by atoms with Crippen LogP contribution in [0.25, 0.3) is 21.9 Å². The first kappa shape index (κ1) is 10.5. The number of halogens is 1. The number of furan rings is 1. The molecule has 3 aromatic rings. The molecule has 17 heavy (non-hydrogen) atoms. The molecule has 2 aromatic carbocycles. The molecule has 1 N–H and O–H groups in total. The van der Waals surface area contributed by atoms with Gasteiger partial charge in [0, 0.05) is 10.8 Å². The van der Waals surface area contributed by atoms with Crippen LogP contribution in [0.3, 0.4) is 0 Å². The first-order valence-electron chi connectivity index (χ1n) is 5.03. The van der Waals surface area contributed by atoms with Crippen molar-refractivity contribution in [3.8, 4) is 5.75 Å². The molecule has 83 valence electrons. The molecule has 0 aliphatic carbocycles. The third-order valence-corrected chi connectivity index (χ3v) is 2.92. The monoisotopic (exact) mass is 245 g/mol. The molecule has 1 aromatic heterocycles. The van der Waals surface area contributed by atoms with Crippen LogP contribution in [-0.4, -0.2) is 12.7 Å². The van der Waals surface area contributed by atoms with Crippen LogP contribution in [0, 0.1) is 0 Å². The summed E-state index contributed by atoms with van der Waals surface area (Å²) < 4.78 is 10.6. The second kappa shape index (κ2) is 3.98. The van der Waals surface area contributed by atoms with Gasteiger partial charge in [-0.15, -0.1) is 0 Å². The Balaban J connectivity index is 2.36. The smallest absolute Gasteiger partial charge is 0.537 e. The zero-order chi connectivity index (χ0) is 11.8. The minimum Gasteiger partial charge on any atom is -0.537 e. The predicted octanol–water partition coefficient (Wildman–Crippen LogP) is 3.14. The van der Waals surface area contributed by atoms with E-state index in [1.54, 1.807) is 18.2 Å². The molecule has 0 bridgehead atoms. The normalized spacial score (nSPS) is 10.9. The maximum atomic E-state index is 8.61. The molecule has 0 unspecified atom stereocenters. The molecule has 0 saturated heterocycles. The summed E-state index contributed by atoms with van der Waals surface area (Å²) in [6.07, 6.45) is 0. The predicted molar refractivity (Wildman–Crippen MR) is 67.3 cm³/mol. The molecule has 0 aliphatic heterocycles. The fourth-order valence-electron chi connectivity index (χ4n) is 1.90. The van der Waals surface area contributed by atoms with Crippen LogP contribution in [0.1, 0.15) is 0 Å². The van der Waals surface area contributed by atoms with Crippen molar-refractivity contribution in [1.29, 1.82) is 0 Å². The topological polar surface area (TPSA) is 42.6 Å². The lowest BCUT2D eigenvalue weighted by molar-refractivity contribution is 0.454. The van der Waals surface area contributed by atoms with Crippen molar-refractivity contribution in [2.75, 3.05) is 0 Å². The Kier molecular flexibility index (Phi) is 2.46. The zero-order valence-electron chi connectivity index (χ0n) is 8.68.